The Morgan fingerprint density at radius 2 is 1.94 bits per heavy atom. The molecule has 34 heavy (non-hydrogen) atoms. The van der Waals surface area contributed by atoms with Crippen molar-refractivity contribution in [3.63, 3.8) is 0 Å². The van der Waals surface area contributed by atoms with Gasteiger partial charge in [0.1, 0.15) is 33.5 Å². The molecule has 176 valence electrons. The van der Waals surface area contributed by atoms with Gasteiger partial charge >= 0.3 is 6.18 Å². The summed E-state index contributed by atoms with van der Waals surface area (Å²) >= 11 is 6.46. The van der Waals surface area contributed by atoms with E-state index in [0.29, 0.717) is 16.6 Å². The van der Waals surface area contributed by atoms with Crippen LogP contribution in [0.25, 0.3) is 0 Å². The predicted octanol–water partition coefficient (Wildman–Crippen LogP) is 3.24. The van der Waals surface area contributed by atoms with E-state index in [4.69, 9.17) is 11.6 Å². The van der Waals surface area contributed by atoms with E-state index in [1.165, 1.54) is 6.20 Å². The molecule has 0 saturated carbocycles. The monoisotopic (exact) mass is 511 g/mol. The summed E-state index contributed by atoms with van der Waals surface area (Å²) in [6.45, 7) is 1.62. The molecule has 3 N–H and O–H groups in total. The van der Waals surface area contributed by atoms with Crippen molar-refractivity contribution in [1.82, 2.24) is 25.3 Å². The fraction of sp³-hybridized carbons (Fsp3) is 0.211. The lowest BCUT2D eigenvalue weighted by molar-refractivity contribution is -0.137. The van der Waals surface area contributed by atoms with Gasteiger partial charge in [0, 0.05) is 11.8 Å². The zero-order valence-corrected chi connectivity index (χ0v) is 18.6. The van der Waals surface area contributed by atoms with Crippen molar-refractivity contribution >= 4 is 52.3 Å². The van der Waals surface area contributed by atoms with Crippen LogP contribution in [-0.4, -0.2) is 37.7 Å². The van der Waals surface area contributed by atoms with Crippen LogP contribution in [-0.2, 0) is 17.4 Å². The van der Waals surface area contributed by atoms with Crippen molar-refractivity contribution in [1.29, 1.82) is 0 Å². The van der Waals surface area contributed by atoms with Gasteiger partial charge in [0.2, 0.25) is 5.91 Å². The highest BCUT2D eigenvalue weighted by Crippen LogP contribution is 2.35. The number of nitrogens with one attached hydrogen (secondary N) is 3. The van der Waals surface area contributed by atoms with Crippen molar-refractivity contribution in [2.75, 3.05) is 10.6 Å². The Kier molecular flexibility index (Phi) is 6.18. The summed E-state index contributed by atoms with van der Waals surface area (Å²) in [4.78, 5) is 52.4. The number of alkyl halides is 3. The molecule has 4 rings (SSSR count). The molecule has 0 aliphatic carbocycles. The van der Waals surface area contributed by atoms with Crippen LogP contribution < -0.4 is 16.0 Å². The Labute approximate surface area is 198 Å². The number of carbonyl (C=O) groups excluding carboxylic acids is 3. The average molecular weight is 512 g/mol. The first kappa shape index (κ1) is 23.5. The van der Waals surface area contributed by atoms with E-state index < -0.39 is 34.6 Å². The molecule has 1 atom stereocenters. The molecule has 3 aromatic rings. The molecule has 4 heterocycles. The standard InChI is InChI=1S/C19H13ClF3N7O3S/c1-7(28-17(33)14-8-2-13(31)30-15(8)27-6-26-14)18-25-5-11(34-18)16(32)29-12-3-9(19(21,22)23)10(20)4-24-12/h3-7H,2H2,1H3,(H,28,33)(H,24,29,32)(H,26,27,30,31). The average Bonchev–Trinajstić information content (AvgIpc) is 3.40. The highest BCUT2D eigenvalue weighted by molar-refractivity contribution is 7.13. The molecule has 3 aromatic heterocycles. The minimum atomic E-state index is -4.71. The molecule has 1 aliphatic rings. The number of aromatic nitrogens is 4. The van der Waals surface area contributed by atoms with Gasteiger partial charge in [-0.2, -0.15) is 13.2 Å². The van der Waals surface area contributed by atoms with Crippen LogP contribution in [0, 0.1) is 0 Å². The maximum atomic E-state index is 13.0. The molecule has 10 nitrogen and oxygen atoms in total. The number of rotatable bonds is 5. The summed E-state index contributed by atoms with van der Waals surface area (Å²) in [7, 11) is 0. The third-order valence-electron chi connectivity index (χ3n) is 4.62. The molecule has 1 aliphatic heterocycles. The molecule has 0 spiro atoms. The Bertz CT molecular complexity index is 1310. The first-order valence-electron chi connectivity index (χ1n) is 9.47. The molecule has 15 heteroatoms. The normalized spacial score (nSPS) is 13.7. The van der Waals surface area contributed by atoms with Crippen LogP contribution in [0.5, 0.6) is 0 Å². The summed E-state index contributed by atoms with van der Waals surface area (Å²) in [5.74, 6) is -1.66. The smallest absolute Gasteiger partial charge is 0.342 e. The van der Waals surface area contributed by atoms with Gasteiger partial charge < -0.3 is 16.0 Å². The number of anilines is 2. The van der Waals surface area contributed by atoms with Gasteiger partial charge in [-0.3, -0.25) is 14.4 Å². The van der Waals surface area contributed by atoms with Crippen molar-refractivity contribution in [3.8, 4) is 0 Å². The van der Waals surface area contributed by atoms with Gasteiger partial charge in [-0.25, -0.2) is 19.9 Å². The van der Waals surface area contributed by atoms with Crippen LogP contribution >= 0.6 is 22.9 Å². The van der Waals surface area contributed by atoms with Crippen LogP contribution in [0.1, 0.15) is 49.3 Å². The fourth-order valence-corrected chi connectivity index (χ4v) is 4.07. The number of fused-ring (bicyclic) bond motifs is 1. The minimum Gasteiger partial charge on any atom is -0.342 e. The summed E-state index contributed by atoms with van der Waals surface area (Å²) in [5, 5.41) is 7.25. The Balaban J connectivity index is 1.44. The van der Waals surface area contributed by atoms with Crippen LogP contribution in [0.15, 0.2) is 24.8 Å². The van der Waals surface area contributed by atoms with Crippen molar-refractivity contribution in [2.45, 2.75) is 25.6 Å². The van der Waals surface area contributed by atoms with E-state index in [1.54, 1.807) is 6.92 Å². The second-order valence-corrected chi connectivity index (χ2v) is 8.50. The van der Waals surface area contributed by atoms with Crippen LogP contribution in [0.4, 0.5) is 24.8 Å². The Morgan fingerprint density at radius 1 is 1.18 bits per heavy atom. The van der Waals surface area contributed by atoms with Gasteiger partial charge in [0.25, 0.3) is 11.8 Å². The van der Waals surface area contributed by atoms with Crippen LogP contribution in [0.3, 0.4) is 0 Å². The zero-order valence-electron chi connectivity index (χ0n) is 17.0. The largest absolute Gasteiger partial charge is 0.418 e. The lowest BCUT2D eigenvalue weighted by Crippen LogP contribution is -2.28. The number of halogens is 4. The van der Waals surface area contributed by atoms with Crippen molar-refractivity contribution in [3.05, 3.63) is 56.5 Å². The first-order chi connectivity index (χ1) is 16.0. The Hall–Kier alpha value is -3.65. The van der Waals surface area contributed by atoms with Gasteiger partial charge in [0.15, 0.2) is 0 Å². The van der Waals surface area contributed by atoms with Gasteiger partial charge in [-0.05, 0) is 13.0 Å². The number of carbonyl (C=O) groups is 3. The number of hydrogen-bond donors (Lipinski definition) is 3. The third kappa shape index (κ3) is 4.82. The first-order valence-corrected chi connectivity index (χ1v) is 10.7. The molecule has 0 fully saturated rings. The van der Waals surface area contributed by atoms with Crippen LogP contribution in [0.2, 0.25) is 5.02 Å². The highest BCUT2D eigenvalue weighted by Gasteiger charge is 2.34. The quantitative estimate of drug-likeness (QED) is 0.478. The van der Waals surface area contributed by atoms with Crippen molar-refractivity contribution in [2.24, 2.45) is 0 Å². The summed E-state index contributed by atoms with van der Waals surface area (Å²) < 4.78 is 39.0. The lowest BCUT2D eigenvalue weighted by atomic mass is 10.1. The second kappa shape index (κ2) is 8.95. The molecule has 1 unspecified atom stereocenters. The molecule has 3 amide bonds. The van der Waals surface area contributed by atoms with E-state index in [9.17, 15) is 27.6 Å². The van der Waals surface area contributed by atoms with E-state index in [2.05, 4.69) is 35.9 Å². The fourth-order valence-electron chi connectivity index (χ4n) is 3.04. The number of amides is 3. The number of pyridine rings is 1. The SMILES string of the molecule is CC(NC(=O)c1ncnc2c1CC(=O)N2)c1ncc(C(=O)Nc2cc(C(F)(F)F)c(Cl)cn2)s1. The predicted molar refractivity (Wildman–Crippen MR) is 115 cm³/mol. The van der Waals surface area contributed by atoms with E-state index in [-0.39, 0.29) is 34.5 Å². The topological polar surface area (TPSA) is 139 Å². The maximum absolute atomic E-state index is 13.0. The second-order valence-electron chi connectivity index (χ2n) is 7.03. The molecular formula is C19H13ClF3N7O3S. The van der Waals surface area contributed by atoms with E-state index in [0.717, 1.165) is 23.9 Å². The summed E-state index contributed by atoms with van der Waals surface area (Å²) in [6.07, 6.45) is -1.56. The molecular weight excluding hydrogens is 499 g/mol. The lowest BCUT2D eigenvalue weighted by Gasteiger charge is -2.12. The van der Waals surface area contributed by atoms with Gasteiger partial charge in [0.05, 0.1) is 29.2 Å². The van der Waals surface area contributed by atoms with E-state index in [1.807, 2.05) is 0 Å². The highest BCUT2D eigenvalue weighted by atomic mass is 35.5. The Morgan fingerprint density at radius 3 is 2.68 bits per heavy atom. The zero-order chi connectivity index (χ0) is 24.6. The number of nitrogens with zero attached hydrogens (tertiary/aromatic N) is 4. The molecule has 0 saturated heterocycles. The molecule has 0 bridgehead atoms. The minimum absolute atomic E-state index is 0.0241. The number of thiazole rings is 1. The summed E-state index contributed by atoms with van der Waals surface area (Å²) in [5.41, 5.74) is -0.710. The molecule has 0 aromatic carbocycles. The van der Waals surface area contributed by atoms with E-state index >= 15 is 0 Å². The molecule has 0 radical (unpaired) electrons. The maximum Gasteiger partial charge on any atom is 0.418 e. The van der Waals surface area contributed by atoms with Gasteiger partial charge in [-0.15, -0.1) is 11.3 Å². The summed E-state index contributed by atoms with van der Waals surface area (Å²) in [6, 6.07) is -0.00893. The number of hydrogen-bond acceptors (Lipinski definition) is 8. The van der Waals surface area contributed by atoms with Gasteiger partial charge in [-0.1, -0.05) is 11.6 Å². The third-order valence-corrected chi connectivity index (χ3v) is 6.10. The van der Waals surface area contributed by atoms with Crippen molar-refractivity contribution < 1.29 is 27.6 Å².